The first kappa shape index (κ1) is 17.3. The third-order valence-electron chi connectivity index (χ3n) is 4.51. The zero-order valence-corrected chi connectivity index (χ0v) is 15.6. The van der Waals surface area contributed by atoms with Crippen molar-refractivity contribution in [1.82, 2.24) is 0 Å². The van der Waals surface area contributed by atoms with E-state index in [0.29, 0.717) is 0 Å². The monoisotopic (exact) mass is 362 g/mol. The summed E-state index contributed by atoms with van der Waals surface area (Å²) >= 11 is 0. The first-order valence-electron chi connectivity index (χ1n) is 9.19. The summed E-state index contributed by atoms with van der Waals surface area (Å²) in [6, 6.07) is 30.0. The van der Waals surface area contributed by atoms with Gasteiger partial charge in [0.15, 0.2) is 6.29 Å². The Bertz CT molecular complexity index is 774. The molecule has 26 heavy (non-hydrogen) atoms. The van der Waals surface area contributed by atoms with Gasteiger partial charge in [-0.25, -0.2) is 0 Å². The average Bonchev–Trinajstić information content (AvgIpc) is 2.71. The van der Waals surface area contributed by atoms with Crippen LogP contribution in [0, 0.1) is 0 Å². The number of hydrogen-bond acceptors (Lipinski definition) is 2. The molecule has 3 aromatic rings. The minimum absolute atomic E-state index is 0.112. The molecular weight excluding hydrogens is 339 g/mol. The van der Waals surface area contributed by atoms with Crippen molar-refractivity contribution in [3.05, 3.63) is 84.9 Å². The first-order valence-corrected chi connectivity index (χ1v) is 10.5. The molecule has 0 aromatic heterocycles. The van der Waals surface area contributed by atoms with Crippen LogP contribution in [0.1, 0.15) is 19.3 Å². The molecule has 0 bridgehead atoms. The van der Waals surface area contributed by atoms with Crippen LogP contribution in [0.25, 0.3) is 0 Å². The minimum atomic E-state index is -0.606. The van der Waals surface area contributed by atoms with Crippen LogP contribution in [-0.2, 0) is 4.74 Å². The van der Waals surface area contributed by atoms with Gasteiger partial charge in [0.25, 0.3) is 0 Å². The van der Waals surface area contributed by atoms with Crippen molar-refractivity contribution in [2.75, 3.05) is 6.61 Å². The van der Waals surface area contributed by atoms with Crippen molar-refractivity contribution in [1.29, 1.82) is 0 Å². The molecular formula is C23H23O2P. The fourth-order valence-electron chi connectivity index (χ4n) is 3.25. The van der Waals surface area contributed by atoms with Crippen molar-refractivity contribution in [3.8, 4) is 5.75 Å². The average molecular weight is 362 g/mol. The molecule has 4 rings (SSSR count). The molecule has 3 heteroatoms. The van der Waals surface area contributed by atoms with Crippen molar-refractivity contribution in [2.45, 2.75) is 25.6 Å². The van der Waals surface area contributed by atoms with Gasteiger partial charge in [0.05, 0.1) is 6.61 Å². The van der Waals surface area contributed by atoms with Crippen LogP contribution in [0.2, 0.25) is 0 Å². The normalized spacial score (nSPS) is 17.2. The highest BCUT2D eigenvalue weighted by Crippen LogP contribution is 2.34. The Kier molecular flexibility index (Phi) is 5.64. The summed E-state index contributed by atoms with van der Waals surface area (Å²) < 4.78 is 11.8. The van der Waals surface area contributed by atoms with Crippen molar-refractivity contribution in [3.63, 3.8) is 0 Å². The summed E-state index contributed by atoms with van der Waals surface area (Å²) in [5.74, 6) is 0.897. The molecule has 1 unspecified atom stereocenters. The van der Waals surface area contributed by atoms with E-state index in [1.165, 1.54) is 22.3 Å². The van der Waals surface area contributed by atoms with E-state index in [4.69, 9.17) is 9.47 Å². The fourth-order valence-corrected chi connectivity index (χ4v) is 5.58. The van der Waals surface area contributed by atoms with Gasteiger partial charge < -0.3 is 9.47 Å². The summed E-state index contributed by atoms with van der Waals surface area (Å²) in [6.07, 6.45) is 3.16. The maximum absolute atomic E-state index is 6.11. The molecule has 0 saturated carbocycles. The number of benzene rings is 3. The molecule has 0 N–H and O–H groups in total. The Morgan fingerprint density at radius 2 is 1.38 bits per heavy atom. The second-order valence-corrected chi connectivity index (χ2v) is 8.64. The van der Waals surface area contributed by atoms with Crippen LogP contribution in [0.15, 0.2) is 84.9 Å². The number of ether oxygens (including phenoxy) is 2. The summed E-state index contributed by atoms with van der Waals surface area (Å²) in [7, 11) is -0.606. The molecule has 1 atom stereocenters. The van der Waals surface area contributed by atoms with E-state index >= 15 is 0 Å². The second kappa shape index (κ2) is 8.49. The van der Waals surface area contributed by atoms with Crippen LogP contribution in [-0.4, -0.2) is 12.9 Å². The Hall–Kier alpha value is -2.15. The Labute approximate surface area is 156 Å². The topological polar surface area (TPSA) is 18.5 Å². The molecule has 1 aliphatic heterocycles. The van der Waals surface area contributed by atoms with E-state index in [0.717, 1.165) is 25.2 Å². The standard InChI is InChI=1S/C23H23O2P/c1-3-11-20(12-4-1)26(21-13-5-2-6-14-21)22-15-9-10-19(18-22)25-23-16-7-8-17-24-23/h1-6,9-15,18,23H,7-8,16-17H2. The molecule has 1 aliphatic rings. The number of hydrogen-bond donors (Lipinski definition) is 0. The summed E-state index contributed by atoms with van der Waals surface area (Å²) in [6.45, 7) is 0.797. The van der Waals surface area contributed by atoms with E-state index < -0.39 is 7.92 Å². The molecule has 1 saturated heterocycles. The van der Waals surface area contributed by atoms with Gasteiger partial charge in [-0.15, -0.1) is 0 Å². The Morgan fingerprint density at radius 1 is 0.731 bits per heavy atom. The van der Waals surface area contributed by atoms with Crippen LogP contribution in [0.5, 0.6) is 5.75 Å². The van der Waals surface area contributed by atoms with E-state index in [2.05, 4.69) is 78.9 Å². The van der Waals surface area contributed by atoms with Gasteiger partial charge in [-0.3, -0.25) is 0 Å². The van der Waals surface area contributed by atoms with Gasteiger partial charge in [-0.1, -0.05) is 72.8 Å². The molecule has 0 spiro atoms. The third kappa shape index (κ3) is 4.15. The molecule has 0 radical (unpaired) electrons. The van der Waals surface area contributed by atoms with Crippen molar-refractivity contribution in [2.24, 2.45) is 0 Å². The SMILES string of the molecule is c1ccc(P(c2ccccc2)c2cccc(OC3CCCCO3)c2)cc1. The van der Waals surface area contributed by atoms with Crippen LogP contribution < -0.4 is 20.7 Å². The molecule has 1 fully saturated rings. The molecule has 0 aliphatic carbocycles. The second-order valence-electron chi connectivity index (χ2n) is 6.42. The van der Waals surface area contributed by atoms with Gasteiger partial charge in [-0.05, 0) is 48.8 Å². The van der Waals surface area contributed by atoms with E-state index in [1.807, 2.05) is 6.07 Å². The van der Waals surface area contributed by atoms with Crippen LogP contribution in [0.4, 0.5) is 0 Å². The highest BCUT2D eigenvalue weighted by molar-refractivity contribution is 7.79. The molecule has 1 heterocycles. The smallest absolute Gasteiger partial charge is 0.199 e. The lowest BCUT2D eigenvalue weighted by Crippen LogP contribution is -2.26. The fraction of sp³-hybridized carbons (Fsp3) is 0.217. The van der Waals surface area contributed by atoms with Crippen molar-refractivity contribution >= 4 is 23.8 Å². The largest absolute Gasteiger partial charge is 0.465 e. The highest BCUT2D eigenvalue weighted by atomic mass is 31.1. The summed E-state index contributed by atoms with van der Waals surface area (Å²) in [5, 5.41) is 3.99. The summed E-state index contributed by atoms with van der Waals surface area (Å²) in [4.78, 5) is 0. The highest BCUT2D eigenvalue weighted by Gasteiger charge is 2.19. The first-order chi connectivity index (χ1) is 12.9. The van der Waals surface area contributed by atoms with Crippen LogP contribution in [0.3, 0.4) is 0 Å². The predicted molar refractivity (Wildman–Crippen MR) is 109 cm³/mol. The van der Waals surface area contributed by atoms with E-state index in [9.17, 15) is 0 Å². The maximum Gasteiger partial charge on any atom is 0.199 e. The van der Waals surface area contributed by atoms with Gasteiger partial charge in [0.1, 0.15) is 5.75 Å². The van der Waals surface area contributed by atoms with E-state index in [1.54, 1.807) is 0 Å². The quantitative estimate of drug-likeness (QED) is 0.628. The zero-order valence-electron chi connectivity index (χ0n) is 14.8. The van der Waals surface area contributed by atoms with Gasteiger partial charge >= 0.3 is 0 Å². The van der Waals surface area contributed by atoms with Crippen LogP contribution >= 0.6 is 7.92 Å². The molecule has 2 nitrogen and oxygen atoms in total. The van der Waals surface area contributed by atoms with E-state index in [-0.39, 0.29) is 6.29 Å². The molecule has 3 aromatic carbocycles. The third-order valence-corrected chi connectivity index (χ3v) is 6.93. The number of rotatable bonds is 5. The predicted octanol–water partition coefficient (Wildman–Crippen LogP) is 4.35. The lowest BCUT2D eigenvalue weighted by atomic mass is 10.2. The van der Waals surface area contributed by atoms with Gasteiger partial charge in [0.2, 0.25) is 0 Å². The lowest BCUT2D eigenvalue weighted by molar-refractivity contribution is -0.105. The van der Waals surface area contributed by atoms with Crippen molar-refractivity contribution < 1.29 is 9.47 Å². The van der Waals surface area contributed by atoms with Gasteiger partial charge in [-0.2, -0.15) is 0 Å². The molecule has 132 valence electrons. The lowest BCUT2D eigenvalue weighted by Gasteiger charge is -2.24. The minimum Gasteiger partial charge on any atom is -0.465 e. The maximum atomic E-state index is 6.11. The zero-order chi connectivity index (χ0) is 17.6. The Balaban J connectivity index is 1.66. The molecule has 0 amide bonds. The van der Waals surface area contributed by atoms with Gasteiger partial charge in [0, 0.05) is 6.42 Å². The summed E-state index contributed by atoms with van der Waals surface area (Å²) in [5.41, 5.74) is 0. The Morgan fingerprint density at radius 3 is 2.00 bits per heavy atom.